The van der Waals surface area contributed by atoms with Gasteiger partial charge in [-0.05, 0) is 19.1 Å². The van der Waals surface area contributed by atoms with E-state index in [0.717, 1.165) is 18.2 Å². The number of ether oxygens (including phenoxy) is 1. The number of carbonyl (C=O) groups excluding carboxylic acids is 2. The molecule has 1 saturated heterocycles. The Labute approximate surface area is 142 Å². The van der Waals surface area contributed by atoms with Gasteiger partial charge in [-0.3, -0.25) is 25.4 Å². The van der Waals surface area contributed by atoms with E-state index in [9.17, 15) is 9.59 Å². The molecular formula is C15H17N5O3S. The number of morpholine rings is 1. The van der Waals surface area contributed by atoms with Gasteiger partial charge >= 0.3 is 0 Å². The number of anilines is 1. The minimum Gasteiger partial charge on any atom is -0.378 e. The maximum Gasteiger partial charge on any atom is 0.281 e. The fraction of sp³-hybridized carbons (Fsp3) is 0.333. The average Bonchev–Trinajstić information content (AvgIpc) is 3.03. The molecule has 0 bridgehead atoms. The molecule has 3 rings (SSSR count). The lowest BCUT2D eigenvalue weighted by Gasteiger charge is -2.25. The first-order valence-electron chi connectivity index (χ1n) is 7.46. The summed E-state index contributed by atoms with van der Waals surface area (Å²) in [6, 6.07) is 3.13. The summed E-state index contributed by atoms with van der Waals surface area (Å²) in [6.07, 6.45) is 3.03. The first-order chi connectivity index (χ1) is 11.6. The number of thiazole rings is 1. The van der Waals surface area contributed by atoms with E-state index in [1.54, 1.807) is 19.1 Å². The van der Waals surface area contributed by atoms with Gasteiger partial charge in [-0.15, -0.1) is 0 Å². The van der Waals surface area contributed by atoms with Crippen LogP contribution in [0.4, 0.5) is 5.13 Å². The Hall–Kier alpha value is -2.52. The van der Waals surface area contributed by atoms with Crippen molar-refractivity contribution in [2.24, 2.45) is 0 Å². The lowest BCUT2D eigenvalue weighted by molar-refractivity contribution is 0.0848. The van der Waals surface area contributed by atoms with E-state index in [1.165, 1.54) is 23.7 Å². The van der Waals surface area contributed by atoms with Crippen molar-refractivity contribution >= 4 is 28.3 Å². The van der Waals surface area contributed by atoms with E-state index in [2.05, 4.69) is 25.7 Å². The van der Waals surface area contributed by atoms with Gasteiger partial charge < -0.3 is 9.64 Å². The van der Waals surface area contributed by atoms with Crippen LogP contribution in [0, 0.1) is 6.92 Å². The maximum absolute atomic E-state index is 12.3. The number of nitrogens with one attached hydrogen (secondary N) is 2. The first kappa shape index (κ1) is 16.3. The second kappa shape index (κ2) is 7.37. The third kappa shape index (κ3) is 3.69. The van der Waals surface area contributed by atoms with Gasteiger partial charge in [0.1, 0.15) is 4.88 Å². The van der Waals surface area contributed by atoms with Gasteiger partial charge in [0.05, 0.1) is 18.9 Å². The predicted molar refractivity (Wildman–Crippen MR) is 89.1 cm³/mol. The maximum atomic E-state index is 12.3. The van der Waals surface area contributed by atoms with Crippen LogP contribution in [0.3, 0.4) is 0 Å². The number of rotatable bonds is 3. The fourth-order valence-corrected chi connectivity index (χ4v) is 3.24. The van der Waals surface area contributed by atoms with Crippen LogP contribution < -0.4 is 15.8 Å². The summed E-state index contributed by atoms with van der Waals surface area (Å²) in [7, 11) is 0. The molecule has 0 aromatic carbocycles. The summed E-state index contributed by atoms with van der Waals surface area (Å²) in [6.45, 7) is 4.60. The number of aromatic nitrogens is 2. The summed E-state index contributed by atoms with van der Waals surface area (Å²) < 4.78 is 5.32. The van der Waals surface area contributed by atoms with Crippen molar-refractivity contribution in [3.8, 4) is 0 Å². The molecule has 0 atom stereocenters. The smallest absolute Gasteiger partial charge is 0.281 e. The summed E-state index contributed by atoms with van der Waals surface area (Å²) in [5.41, 5.74) is 5.87. The van der Waals surface area contributed by atoms with Crippen molar-refractivity contribution in [3.63, 3.8) is 0 Å². The van der Waals surface area contributed by atoms with Gasteiger partial charge in [-0.25, -0.2) is 4.98 Å². The lowest BCUT2D eigenvalue weighted by Crippen LogP contribution is -2.41. The second-order valence-corrected chi connectivity index (χ2v) is 6.13. The SMILES string of the molecule is Cc1nc(N2CCOCC2)sc1C(=O)NNC(=O)c1ccncc1. The molecule has 2 amide bonds. The average molecular weight is 347 g/mol. The van der Waals surface area contributed by atoms with Crippen LogP contribution in [0.1, 0.15) is 25.7 Å². The topological polar surface area (TPSA) is 96.5 Å². The van der Waals surface area contributed by atoms with Gasteiger partial charge in [0.2, 0.25) is 0 Å². The Morgan fingerprint density at radius 1 is 1.17 bits per heavy atom. The molecule has 0 unspecified atom stereocenters. The third-order valence-electron chi connectivity index (χ3n) is 3.51. The van der Waals surface area contributed by atoms with Crippen LogP contribution >= 0.6 is 11.3 Å². The fourth-order valence-electron chi connectivity index (χ4n) is 2.23. The highest BCUT2D eigenvalue weighted by atomic mass is 32.1. The minimum atomic E-state index is -0.402. The van der Waals surface area contributed by atoms with Crippen molar-refractivity contribution < 1.29 is 14.3 Å². The molecule has 0 spiro atoms. The summed E-state index contributed by atoms with van der Waals surface area (Å²) in [5, 5.41) is 0.793. The molecule has 9 heteroatoms. The van der Waals surface area contributed by atoms with Crippen LogP contribution in [-0.2, 0) is 4.74 Å². The first-order valence-corrected chi connectivity index (χ1v) is 8.27. The van der Waals surface area contributed by atoms with E-state index in [4.69, 9.17) is 4.74 Å². The number of nitrogens with zero attached hydrogens (tertiary/aromatic N) is 3. The second-order valence-electron chi connectivity index (χ2n) is 5.15. The van der Waals surface area contributed by atoms with Gasteiger partial charge in [0, 0.05) is 31.0 Å². The summed E-state index contributed by atoms with van der Waals surface area (Å²) in [5.74, 6) is -0.784. The number of hydrazine groups is 1. The van der Waals surface area contributed by atoms with Gasteiger partial charge in [-0.1, -0.05) is 11.3 Å². The Balaban J connectivity index is 1.62. The number of aryl methyl sites for hydroxylation is 1. The van der Waals surface area contributed by atoms with Crippen LogP contribution in [0.25, 0.3) is 0 Å². The Kier molecular flexibility index (Phi) is 5.02. The zero-order chi connectivity index (χ0) is 16.9. The molecular weight excluding hydrogens is 330 g/mol. The quantitative estimate of drug-likeness (QED) is 0.796. The molecule has 8 nitrogen and oxygen atoms in total. The zero-order valence-corrected chi connectivity index (χ0v) is 13.9. The minimum absolute atomic E-state index is 0.382. The molecule has 0 radical (unpaired) electrons. The molecule has 1 aliphatic rings. The van der Waals surface area contributed by atoms with Crippen molar-refractivity contribution in [3.05, 3.63) is 40.7 Å². The summed E-state index contributed by atoms with van der Waals surface area (Å²) >= 11 is 1.31. The van der Waals surface area contributed by atoms with Crippen molar-refractivity contribution in [2.45, 2.75) is 6.92 Å². The number of hydrogen-bond acceptors (Lipinski definition) is 7. The van der Waals surface area contributed by atoms with Gasteiger partial charge in [0.15, 0.2) is 5.13 Å². The number of hydrogen-bond donors (Lipinski definition) is 2. The molecule has 0 saturated carbocycles. The largest absolute Gasteiger partial charge is 0.378 e. The monoisotopic (exact) mass is 347 g/mol. The molecule has 24 heavy (non-hydrogen) atoms. The number of pyridine rings is 1. The predicted octanol–water partition coefficient (Wildman–Crippen LogP) is 0.758. The normalized spacial score (nSPS) is 14.3. The van der Waals surface area contributed by atoms with Crippen molar-refractivity contribution in [1.29, 1.82) is 0 Å². The van der Waals surface area contributed by atoms with Crippen LogP contribution in [0.15, 0.2) is 24.5 Å². The van der Waals surface area contributed by atoms with Gasteiger partial charge in [0.25, 0.3) is 11.8 Å². The Morgan fingerprint density at radius 2 is 1.83 bits per heavy atom. The third-order valence-corrected chi connectivity index (χ3v) is 4.72. The zero-order valence-electron chi connectivity index (χ0n) is 13.1. The lowest BCUT2D eigenvalue weighted by atomic mass is 10.3. The molecule has 2 aromatic heterocycles. The van der Waals surface area contributed by atoms with E-state index in [0.29, 0.717) is 29.3 Å². The molecule has 2 aromatic rings. The number of carbonyl (C=O) groups is 2. The van der Waals surface area contributed by atoms with E-state index in [1.807, 2.05) is 0 Å². The van der Waals surface area contributed by atoms with E-state index < -0.39 is 5.91 Å². The molecule has 126 valence electrons. The highest BCUT2D eigenvalue weighted by Crippen LogP contribution is 2.26. The Bertz CT molecular complexity index is 728. The highest BCUT2D eigenvalue weighted by molar-refractivity contribution is 7.17. The highest BCUT2D eigenvalue weighted by Gasteiger charge is 2.20. The van der Waals surface area contributed by atoms with Gasteiger partial charge in [-0.2, -0.15) is 0 Å². The standard InChI is InChI=1S/C15H17N5O3S/c1-10-12(24-15(17-10)20-6-8-23-9-7-20)14(22)19-18-13(21)11-2-4-16-5-3-11/h2-5H,6-9H2,1H3,(H,18,21)(H,19,22). The molecule has 3 heterocycles. The van der Waals surface area contributed by atoms with Crippen LogP contribution in [0.2, 0.25) is 0 Å². The molecule has 1 fully saturated rings. The summed E-state index contributed by atoms with van der Waals surface area (Å²) in [4.78, 5) is 35.1. The van der Waals surface area contributed by atoms with Crippen LogP contribution in [0.5, 0.6) is 0 Å². The van der Waals surface area contributed by atoms with Crippen LogP contribution in [-0.4, -0.2) is 48.1 Å². The van der Waals surface area contributed by atoms with E-state index >= 15 is 0 Å². The molecule has 0 aliphatic carbocycles. The molecule has 2 N–H and O–H groups in total. The van der Waals surface area contributed by atoms with Crippen molar-refractivity contribution in [2.75, 3.05) is 31.2 Å². The van der Waals surface area contributed by atoms with Crippen molar-refractivity contribution in [1.82, 2.24) is 20.8 Å². The Morgan fingerprint density at radius 3 is 2.54 bits per heavy atom. The number of amides is 2. The van der Waals surface area contributed by atoms with E-state index in [-0.39, 0.29) is 5.91 Å². The molecule has 1 aliphatic heterocycles.